The topological polar surface area (TPSA) is 35.2 Å². The molecule has 0 heterocycles. The van der Waals surface area contributed by atoms with Gasteiger partial charge in [-0.15, -0.1) is 12.4 Å². The largest absolute Gasteiger partial charge is 0.493 e. The highest BCUT2D eigenvalue weighted by molar-refractivity contribution is 5.85. The Labute approximate surface area is 133 Å². The average molecular weight is 306 g/mol. The fourth-order valence-electron chi connectivity index (χ4n) is 2.19. The van der Waals surface area contributed by atoms with Crippen LogP contribution >= 0.6 is 12.4 Å². The molecule has 0 aliphatic heterocycles. The van der Waals surface area contributed by atoms with Gasteiger partial charge in [0.1, 0.15) is 5.75 Å². The van der Waals surface area contributed by atoms with Crippen LogP contribution in [-0.4, -0.2) is 12.6 Å². The van der Waals surface area contributed by atoms with E-state index in [4.69, 9.17) is 10.5 Å². The first-order valence-electron chi connectivity index (χ1n) is 7.26. The van der Waals surface area contributed by atoms with Gasteiger partial charge in [0.25, 0.3) is 0 Å². The molecule has 2 aromatic carbocycles. The highest BCUT2D eigenvalue weighted by Gasteiger charge is 2.04. The van der Waals surface area contributed by atoms with Crippen LogP contribution in [0.3, 0.4) is 0 Å². The lowest BCUT2D eigenvalue weighted by molar-refractivity contribution is 0.300. The van der Waals surface area contributed by atoms with Crippen molar-refractivity contribution >= 4 is 12.4 Å². The average Bonchev–Trinajstić information content (AvgIpc) is 2.46. The van der Waals surface area contributed by atoms with E-state index < -0.39 is 0 Å². The van der Waals surface area contributed by atoms with E-state index in [1.807, 2.05) is 25.1 Å². The van der Waals surface area contributed by atoms with Gasteiger partial charge in [-0.25, -0.2) is 0 Å². The van der Waals surface area contributed by atoms with Crippen LogP contribution in [0.15, 0.2) is 54.6 Å². The summed E-state index contributed by atoms with van der Waals surface area (Å²) in [6.07, 6.45) is 2.91. The molecule has 1 unspecified atom stereocenters. The number of nitrogens with two attached hydrogens (primary N) is 1. The molecule has 3 heteroatoms. The van der Waals surface area contributed by atoms with Crippen LogP contribution in [-0.2, 0) is 6.42 Å². The second kappa shape index (κ2) is 9.43. The molecule has 2 N–H and O–H groups in total. The molecule has 0 aliphatic rings. The second-order valence-corrected chi connectivity index (χ2v) is 5.24. The minimum atomic E-state index is 0. The lowest BCUT2D eigenvalue weighted by Crippen LogP contribution is -2.15. The Morgan fingerprint density at radius 1 is 1.00 bits per heavy atom. The lowest BCUT2D eigenvalue weighted by Gasteiger charge is -2.12. The smallest absolute Gasteiger partial charge is 0.122 e. The zero-order chi connectivity index (χ0) is 14.2. The van der Waals surface area contributed by atoms with Gasteiger partial charge in [-0.05, 0) is 37.0 Å². The van der Waals surface area contributed by atoms with Crippen molar-refractivity contribution in [3.8, 4) is 5.75 Å². The van der Waals surface area contributed by atoms with Gasteiger partial charge in [0.15, 0.2) is 0 Å². The van der Waals surface area contributed by atoms with Crippen LogP contribution in [0.4, 0.5) is 0 Å². The van der Waals surface area contributed by atoms with Crippen LogP contribution in [0.5, 0.6) is 5.75 Å². The quantitative estimate of drug-likeness (QED) is 0.778. The Hall–Kier alpha value is -1.51. The maximum atomic E-state index is 5.90. The molecule has 21 heavy (non-hydrogen) atoms. The van der Waals surface area contributed by atoms with E-state index >= 15 is 0 Å². The van der Waals surface area contributed by atoms with Gasteiger partial charge in [0.05, 0.1) is 6.61 Å². The van der Waals surface area contributed by atoms with Crippen LogP contribution in [0.1, 0.15) is 30.9 Å². The van der Waals surface area contributed by atoms with E-state index in [2.05, 4.69) is 36.4 Å². The molecule has 2 aromatic rings. The van der Waals surface area contributed by atoms with E-state index in [1.54, 1.807) is 0 Å². The predicted octanol–water partition coefficient (Wildman–Crippen LogP) is 4.21. The van der Waals surface area contributed by atoms with Gasteiger partial charge < -0.3 is 10.5 Å². The van der Waals surface area contributed by atoms with Crippen LogP contribution < -0.4 is 10.5 Å². The van der Waals surface area contributed by atoms with Gasteiger partial charge >= 0.3 is 0 Å². The van der Waals surface area contributed by atoms with Crippen molar-refractivity contribution in [1.29, 1.82) is 0 Å². The van der Waals surface area contributed by atoms with Crippen molar-refractivity contribution in [1.82, 2.24) is 0 Å². The van der Waals surface area contributed by atoms with E-state index in [0.717, 1.165) is 31.6 Å². The first-order valence-corrected chi connectivity index (χ1v) is 7.26. The van der Waals surface area contributed by atoms with Crippen LogP contribution in [0.25, 0.3) is 0 Å². The summed E-state index contributed by atoms with van der Waals surface area (Å²) in [6, 6.07) is 19.0. The first kappa shape index (κ1) is 17.5. The summed E-state index contributed by atoms with van der Waals surface area (Å²) in [7, 11) is 0. The lowest BCUT2D eigenvalue weighted by atomic mass is 10.0. The third-order valence-electron chi connectivity index (χ3n) is 3.27. The molecule has 0 saturated heterocycles. The van der Waals surface area contributed by atoms with Crippen molar-refractivity contribution in [2.45, 2.75) is 32.2 Å². The highest BCUT2D eigenvalue weighted by atomic mass is 35.5. The molecule has 0 fully saturated rings. The molecular weight excluding hydrogens is 282 g/mol. The maximum Gasteiger partial charge on any atom is 0.122 e. The summed E-state index contributed by atoms with van der Waals surface area (Å²) < 4.78 is 5.90. The van der Waals surface area contributed by atoms with E-state index in [1.165, 1.54) is 11.1 Å². The summed E-state index contributed by atoms with van der Waals surface area (Å²) in [6.45, 7) is 2.76. The Bertz CT molecular complexity index is 514. The fourth-order valence-corrected chi connectivity index (χ4v) is 2.19. The van der Waals surface area contributed by atoms with Crippen LogP contribution in [0, 0.1) is 0 Å². The van der Waals surface area contributed by atoms with Gasteiger partial charge in [-0.1, -0.05) is 48.5 Å². The van der Waals surface area contributed by atoms with Gasteiger partial charge in [0, 0.05) is 12.5 Å². The number of para-hydroxylation sites is 1. The van der Waals surface area contributed by atoms with Crippen molar-refractivity contribution in [2.24, 2.45) is 5.73 Å². The SMILES string of the molecule is CC(N)CCCOc1ccccc1Cc1ccccc1.Cl. The fraction of sp³-hybridized carbons (Fsp3) is 0.333. The van der Waals surface area contributed by atoms with E-state index in [-0.39, 0.29) is 18.4 Å². The third kappa shape index (κ3) is 6.19. The molecular formula is C18H24ClNO. The Balaban J connectivity index is 0.00000220. The number of benzene rings is 2. The Morgan fingerprint density at radius 2 is 1.67 bits per heavy atom. The Kier molecular flexibility index (Phi) is 7.88. The molecule has 0 saturated carbocycles. The van der Waals surface area contributed by atoms with E-state index in [0.29, 0.717) is 0 Å². The van der Waals surface area contributed by atoms with Gasteiger partial charge in [-0.3, -0.25) is 0 Å². The van der Waals surface area contributed by atoms with Crippen molar-refractivity contribution in [3.05, 3.63) is 65.7 Å². The van der Waals surface area contributed by atoms with Crippen molar-refractivity contribution in [2.75, 3.05) is 6.61 Å². The molecule has 0 radical (unpaired) electrons. The zero-order valence-electron chi connectivity index (χ0n) is 12.5. The molecule has 0 aromatic heterocycles. The number of ether oxygens (including phenoxy) is 1. The molecule has 2 rings (SSSR count). The summed E-state index contributed by atoms with van der Waals surface area (Å²) in [4.78, 5) is 0. The second-order valence-electron chi connectivity index (χ2n) is 5.24. The van der Waals surface area contributed by atoms with Crippen molar-refractivity contribution < 1.29 is 4.74 Å². The van der Waals surface area contributed by atoms with Gasteiger partial charge in [-0.2, -0.15) is 0 Å². The third-order valence-corrected chi connectivity index (χ3v) is 3.27. The Morgan fingerprint density at radius 3 is 2.38 bits per heavy atom. The molecule has 1 atom stereocenters. The summed E-state index contributed by atoms with van der Waals surface area (Å²) in [5.74, 6) is 0.987. The molecule has 0 aliphatic carbocycles. The maximum absolute atomic E-state index is 5.90. The number of hydrogen-bond donors (Lipinski definition) is 1. The molecule has 2 nitrogen and oxygen atoms in total. The molecule has 0 bridgehead atoms. The van der Waals surface area contributed by atoms with E-state index in [9.17, 15) is 0 Å². The number of halogens is 1. The predicted molar refractivity (Wildman–Crippen MR) is 91.3 cm³/mol. The molecule has 114 valence electrons. The molecule has 0 amide bonds. The number of hydrogen-bond acceptors (Lipinski definition) is 2. The minimum Gasteiger partial charge on any atom is -0.493 e. The summed E-state index contributed by atoms with van der Waals surface area (Å²) in [5, 5.41) is 0. The monoisotopic (exact) mass is 305 g/mol. The van der Waals surface area contributed by atoms with Crippen molar-refractivity contribution in [3.63, 3.8) is 0 Å². The normalized spacial score (nSPS) is 11.5. The standard InChI is InChI=1S/C18H23NO.ClH/c1-15(19)8-7-13-20-18-12-6-5-11-17(18)14-16-9-3-2-4-10-16;/h2-6,9-12,15H,7-8,13-14,19H2,1H3;1H. The zero-order valence-corrected chi connectivity index (χ0v) is 13.3. The first-order chi connectivity index (χ1) is 9.75. The van der Waals surface area contributed by atoms with Crippen LogP contribution in [0.2, 0.25) is 0 Å². The van der Waals surface area contributed by atoms with Gasteiger partial charge in [0.2, 0.25) is 0 Å². The number of rotatable bonds is 7. The summed E-state index contributed by atoms with van der Waals surface area (Å²) in [5.41, 5.74) is 8.29. The molecule has 0 spiro atoms. The summed E-state index contributed by atoms with van der Waals surface area (Å²) >= 11 is 0. The highest BCUT2D eigenvalue weighted by Crippen LogP contribution is 2.21. The minimum absolute atomic E-state index is 0.